The molecular weight excluding hydrogens is 594 g/mol. The van der Waals surface area contributed by atoms with Gasteiger partial charge in [0.1, 0.15) is 5.60 Å². The second-order valence-electron chi connectivity index (χ2n) is 12.0. The van der Waals surface area contributed by atoms with Gasteiger partial charge in [-0.15, -0.1) is 9.24 Å². The van der Waals surface area contributed by atoms with Crippen LogP contribution >= 0.6 is 32.4 Å². The van der Waals surface area contributed by atoms with E-state index in [-0.39, 0.29) is 22.0 Å². The zero-order valence-corrected chi connectivity index (χ0v) is 28.0. The molecular formula is C31H43Cl2N4O4P. The lowest BCUT2D eigenvalue weighted by atomic mass is 9.91. The SMILES string of the molecule is C/C=C(/C)C(/C=N/N(/C=C/CN1CCC2(CC1)CN(c1ccc(C(=O)O)c(Cl)c1)C(=O)O2)C(C)(C)C)C/C(P)=C(\C)Cl. The minimum absolute atomic E-state index is 0.000241. The molecule has 2 unspecified atom stereocenters. The zero-order chi connectivity index (χ0) is 31.2. The molecule has 2 saturated heterocycles. The quantitative estimate of drug-likeness (QED) is 0.122. The Hall–Kier alpha value is -2.38. The molecule has 1 aromatic rings. The standard InChI is InChI=1S/C31H43Cl2N4O4P/c1-7-21(2)23(17-27(42)22(3)32)19-34-37(30(4,5)6)14-8-13-35-15-11-31(12-16-35)20-36(29(40)41-31)24-9-10-25(28(38)39)26(33)18-24/h7-10,14,18-19,23H,11-13,15-17,20,42H2,1-6H3,(H,38,39)/b14-8+,21-7-,27-22-,34-19+. The average Bonchev–Trinajstić information content (AvgIpc) is 3.24. The van der Waals surface area contributed by atoms with Gasteiger partial charge >= 0.3 is 12.1 Å². The predicted octanol–water partition coefficient (Wildman–Crippen LogP) is 7.75. The smallest absolute Gasteiger partial charge is 0.415 e. The zero-order valence-electron chi connectivity index (χ0n) is 25.4. The van der Waals surface area contributed by atoms with Gasteiger partial charge in [-0.1, -0.05) is 40.9 Å². The number of anilines is 1. The van der Waals surface area contributed by atoms with E-state index in [1.54, 1.807) is 11.0 Å². The highest BCUT2D eigenvalue weighted by molar-refractivity contribution is 7.22. The third-order valence-corrected chi connectivity index (χ3v) is 9.23. The van der Waals surface area contributed by atoms with Crippen LogP contribution in [0.1, 0.15) is 71.2 Å². The molecule has 42 heavy (non-hydrogen) atoms. The fourth-order valence-corrected chi connectivity index (χ4v) is 5.46. The minimum atomic E-state index is -1.11. The van der Waals surface area contributed by atoms with Crippen LogP contribution in [-0.4, -0.2) is 70.6 Å². The molecule has 2 aliphatic heterocycles. The maximum Gasteiger partial charge on any atom is 0.415 e. The molecule has 0 radical (unpaired) electrons. The van der Waals surface area contributed by atoms with Gasteiger partial charge in [-0.3, -0.25) is 14.8 Å². The highest BCUT2D eigenvalue weighted by atomic mass is 35.5. The number of benzene rings is 1. The number of carbonyl (C=O) groups is 2. The third-order valence-electron chi connectivity index (χ3n) is 7.82. The van der Waals surface area contributed by atoms with Crippen molar-refractivity contribution in [2.75, 3.05) is 31.1 Å². The summed E-state index contributed by atoms with van der Waals surface area (Å²) in [7, 11) is 2.74. The summed E-state index contributed by atoms with van der Waals surface area (Å²) < 4.78 is 5.87. The van der Waals surface area contributed by atoms with E-state index < -0.39 is 17.7 Å². The number of carbonyl (C=O) groups excluding carboxylic acids is 1. The van der Waals surface area contributed by atoms with E-state index >= 15 is 0 Å². The lowest BCUT2D eigenvalue weighted by Gasteiger charge is -2.37. The number of aromatic carboxylic acids is 1. The van der Waals surface area contributed by atoms with Crippen molar-refractivity contribution >= 4 is 56.4 Å². The molecule has 0 bridgehead atoms. The number of rotatable bonds is 10. The molecule has 1 amide bonds. The number of amides is 1. The number of carboxylic acids is 1. The number of hydrazone groups is 1. The number of hydrogen-bond donors (Lipinski definition) is 1. The normalized spacial score (nSPS) is 19.5. The number of ether oxygens (including phenoxy) is 1. The summed E-state index contributed by atoms with van der Waals surface area (Å²) in [6, 6.07) is 4.52. The van der Waals surface area contributed by atoms with Crippen LogP contribution < -0.4 is 4.90 Å². The maximum atomic E-state index is 12.8. The highest BCUT2D eigenvalue weighted by Gasteiger charge is 2.47. The molecule has 0 aromatic heterocycles. The first-order valence-corrected chi connectivity index (χ1v) is 15.5. The van der Waals surface area contributed by atoms with Gasteiger partial charge in [-0.05, 0) is 71.5 Å². The van der Waals surface area contributed by atoms with E-state index in [0.29, 0.717) is 25.1 Å². The summed E-state index contributed by atoms with van der Waals surface area (Å²) >= 11 is 12.4. The average molecular weight is 638 g/mol. The molecule has 2 fully saturated rings. The van der Waals surface area contributed by atoms with Crippen molar-refractivity contribution in [1.29, 1.82) is 0 Å². The fraction of sp³-hybridized carbons (Fsp3) is 0.516. The van der Waals surface area contributed by atoms with Crippen LogP contribution in [0.25, 0.3) is 0 Å². The van der Waals surface area contributed by atoms with Crippen molar-refractivity contribution in [3.05, 3.63) is 63.1 Å². The van der Waals surface area contributed by atoms with E-state index in [9.17, 15) is 14.7 Å². The summed E-state index contributed by atoms with van der Waals surface area (Å²) in [6.07, 6.45) is 10.1. The van der Waals surface area contributed by atoms with Crippen LogP contribution in [0.2, 0.25) is 5.02 Å². The Balaban J connectivity index is 1.61. The molecule has 1 aromatic carbocycles. The lowest BCUT2D eigenvalue weighted by Crippen LogP contribution is -2.47. The van der Waals surface area contributed by atoms with Crippen LogP contribution in [0, 0.1) is 5.92 Å². The second-order valence-corrected chi connectivity index (χ2v) is 13.6. The molecule has 230 valence electrons. The lowest BCUT2D eigenvalue weighted by molar-refractivity contribution is 0.00350. The number of allylic oxidation sites excluding steroid dienone is 4. The summed E-state index contributed by atoms with van der Waals surface area (Å²) in [6.45, 7) is 15.2. The van der Waals surface area contributed by atoms with Gasteiger partial charge in [0.2, 0.25) is 0 Å². The topological polar surface area (TPSA) is 85.7 Å². The van der Waals surface area contributed by atoms with Gasteiger partial charge in [0.05, 0.1) is 22.7 Å². The first-order chi connectivity index (χ1) is 19.7. The van der Waals surface area contributed by atoms with E-state index in [0.717, 1.165) is 36.4 Å². The van der Waals surface area contributed by atoms with Crippen LogP contribution in [0.15, 0.2) is 57.6 Å². The van der Waals surface area contributed by atoms with Gasteiger partial charge in [-0.25, -0.2) is 9.59 Å². The minimum Gasteiger partial charge on any atom is -0.478 e. The number of halogens is 2. The van der Waals surface area contributed by atoms with E-state index in [1.807, 2.05) is 31.3 Å². The molecule has 2 aliphatic rings. The highest BCUT2D eigenvalue weighted by Crippen LogP contribution is 2.37. The number of piperidine rings is 1. The van der Waals surface area contributed by atoms with Crippen molar-refractivity contribution in [3.8, 4) is 0 Å². The van der Waals surface area contributed by atoms with Crippen molar-refractivity contribution < 1.29 is 19.4 Å². The van der Waals surface area contributed by atoms with Gasteiger partial charge < -0.3 is 9.84 Å². The molecule has 0 saturated carbocycles. The van der Waals surface area contributed by atoms with Crippen LogP contribution in [0.4, 0.5) is 10.5 Å². The van der Waals surface area contributed by atoms with Crippen molar-refractivity contribution in [1.82, 2.24) is 9.91 Å². The van der Waals surface area contributed by atoms with Crippen LogP contribution in [-0.2, 0) is 4.74 Å². The van der Waals surface area contributed by atoms with Gasteiger partial charge in [0, 0.05) is 61.5 Å². The number of likely N-dealkylation sites (tertiary alicyclic amines) is 1. The Morgan fingerprint density at radius 1 is 1.29 bits per heavy atom. The Labute approximate surface area is 262 Å². The number of carboxylic acid groups (broad SMARTS) is 1. The molecule has 0 aliphatic carbocycles. The van der Waals surface area contributed by atoms with Crippen molar-refractivity contribution in [2.24, 2.45) is 11.0 Å². The maximum absolute atomic E-state index is 12.8. The monoisotopic (exact) mass is 636 g/mol. The predicted molar refractivity (Wildman–Crippen MR) is 176 cm³/mol. The van der Waals surface area contributed by atoms with E-state index in [4.69, 9.17) is 33.0 Å². The molecule has 2 heterocycles. The summed E-state index contributed by atoms with van der Waals surface area (Å²) in [5, 5.41) is 18.0. The van der Waals surface area contributed by atoms with Gasteiger partial charge in [-0.2, -0.15) is 5.10 Å². The van der Waals surface area contributed by atoms with Crippen molar-refractivity contribution in [3.63, 3.8) is 0 Å². The molecule has 1 spiro atoms. The first-order valence-electron chi connectivity index (χ1n) is 14.1. The Kier molecular flexibility index (Phi) is 11.7. The first kappa shape index (κ1) is 34.1. The van der Waals surface area contributed by atoms with Gasteiger partial charge in [0.15, 0.2) is 0 Å². The Bertz CT molecular complexity index is 1280. The van der Waals surface area contributed by atoms with Gasteiger partial charge in [0.25, 0.3) is 0 Å². The number of nitrogens with zero attached hydrogens (tertiary/aromatic N) is 4. The van der Waals surface area contributed by atoms with Crippen LogP contribution in [0.5, 0.6) is 0 Å². The molecule has 3 rings (SSSR count). The van der Waals surface area contributed by atoms with Crippen LogP contribution in [0.3, 0.4) is 0 Å². The second kappa shape index (κ2) is 14.4. The Morgan fingerprint density at radius 2 is 1.95 bits per heavy atom. The summed E-state index contributed by atoms with van der Waals surface area (Å²) in [5.74, 6) is -0.963. The largest absolute Gasteiger partial charge is 0.478 e. The summed E-state index contributed by atoms with van der Waals surface area (Å²) in [4.78, 5) is 27.9. The van der Waals surface area contributed by atoms with Crippen molar-refractivity contribution in [2.45, 2.75) is 71.9 Å². The van der Waals surface area contributed by atoms with E-state index in [2.05, 4.69) is 54.0 Å². The molecule has 11 heteroatoms. The third kappa shape index (κ3) is 8.82. The molecule has 8 nitrogen and oxygen atoms in total. The summed E-state index contributed by atoms with van der Waals surface area (Å²) in [5.41, 5.74) is 1.00. The number of hydrogen-bond acceptors (Lipinski definition) is 6. The molecule has 2 atom stereocenters. The fourth-order valence-electron chi connectivity index (χ4n) is 4.88. The van der Waals surface area contributed by atoms with E-state index in [1.165, 1.54) is 17.7 Å². The molecule has 1 N–H and O–H groups in total. The Morgan fingerprint density at radius 3 is 2.50 bits per heavy atom.